The van der Waals surface area contributed by atoms with Gasteiger partial charge in [-0.05, 0) is 23.8 Å². The lowest BCUT2D eigenvalue weighted by molar-refractivity contribution is 0.301. The molecular formula is C14H13F2NO. The maximum atomic E-state index is 13.0. The number of halogens is 2. The number of hydrogen-bond acceptors (Lipinski definition) is 2. The topological polar surface area (TPSA) is 35.2 Å². The molecule has 0 unspecified atom stereocenters. The first kappa shape index (κ1) is 12.5. The minimum Gasteiger partial charge on any atom is -0.489 e. The van der Waals surface area contributed by atoms with Gasteiger partial charge in [-0.25, -0.2) is 8.78 Å². The first-order valence-electron chi connectivity index (χ1n) is 5.55. The molecule has 0 spiro atoms. The fourth-order valence-electron chi connectivity index (χ4n) is 1.67. The number of nitrogens with two attached hydrogens (primary N) is 1. The molecule has 0 saturated carbocycles. The fourth-order valence-corrected chi connectivity index (χ4v) is 1.67. The van der Waals surface area contributed by atoms with E-state index in [4.69, 9.17) is 10.5 Å². The second kappa shape index (κ2) is 5.60. The fraction of sp³-hybridized carbons (Fsp3) is 0.143. The molecule has 0 aliphatic carbocycles. The highest BCUT2D eigenvalue weighted by Gasteiger charge is 2.04. The van der Waals surface area contributed by atoms with Gasteiger partial charge in [0.2, 0.25) is 0 Å². The Kier molecular flexibility index (Phi) is 3.89. The maximum absolute atomic E-state index is 13.0. The number of ether oxygens (including phenoxy) is 1. The van der Waals surface area contributed by atoms with Crippen LogP contribution in [0.1, 0.15) is 11.1 Å². The van der Waals surface area contributed by atoms with Crippen molar-refractivity contribution in [2.75, 3.05) is 0 Å². The van der Waals surface area contributed by atoms with Crippen molar-refractivity contribution in [2.24, 2.45) is 5.73 Å². The van der Waals surface area contributed by atoms with Crippen molar-refractivity contribution in [3.05, 3.63) is 65.2 Å². The van der Waals surface area contributed by atoms with Crippen LogP contribution in [0.2, 0.25) is 0 Å². The van der Waals surface area contributed by atoms with E-state index < -0.39 is 11.6 Å². The first-order valence-corrected chi connectivity index (χ1v) is 5.55. The van der Waals surface area contributed by atoms with Crippen molar-refractivity contribution in [2.45, 2.75) is 13.2 Å². The van der Waals surface area contributed by atoms with E-state index in [1.165, 1.54) is 12.1 Å². The molecule has 0 bridgehead atoms. The summed E-state index contributed by atoms with van der Waals surface area (Å²) < 4.78 is 31.5. The van der Waals surface area contributed by atoms with Crippen LogP contribution in [0.4, 0.5) is 8.78 Å². The highest BCUT2D eigenvalue weighted by atomic mass is 19.1. The summed E-state index contributed by atoms with van der Waals surface area (Å²) in [5.41, 5.74) is 6.87. The molecule has 0 aromatic heterocycles. The Morgan fingerprint density at radius 1 is 1.00 bits per heavy atom. The van der Waals surface area contributed by atoms with Crippen LogP contribution in [0.25, 0.3) is 0 Å². The highest BCUT2D eigenvalue weighted by Crippen LogP contribution is 2.19. The van der Waals surface area contributed by atoms with Crippen molar-refractivity contribution in [3.63, 3.8) is 0 Å². The van der Waals surface area contributed by atoms with Gasteiger partial charge in [0, 0.05) is 18.2 Å². The summed E-state index contributed by atoms with van der Waals surface area (Å²) in [4.78, 5) is 0. The van der Waals surface area contributed by atoms with Crippen LogP contribution < -0.4 is 10.5 Å². The lowest BCUT2D eigenvalue weighted by atomic mass is 10.2. The quantitative estimate of drug-likeness (QED) is 0.904. The molecule has 0 aliphatic rings. The Bertz CT molecular complexity index is 523. The van der Waals surface area contributed by atoms with Gasteiger partial charge in [0.1, 0.15) is 24.0 Å². The predicted octanol–water partition coefficient (Wildman–Crippen LogP) is 3.00. The van der Waals surface area contributed by atoms with Gasteiger partial charge in [0.15, 0.2) is 0 Å². The Morgan fingerprint density at radius 3 is 2.33 bits per heavy atom. The van der Waals surface area contributed by atoms with Gasteiger partial charge in [-0.2, -0.15) is 0 Å². The number of hydrogen-bond donors (Lipinski definition) is 1. The van der Waals surface area contributed by atoms with Gasteiger partial charge in [-0.15, -0.1) is 0 Å². The molecular weight excluding hydrogens is 236 g/mol. The van der Waals surface area contributed by atoms with Crippen molar-refractivity contribution in [3.8, 4) is 5.75 Å². The van der Waals surface area contributed by atoms with Gasteiger partial charge in [-0.3, -0.25) is 0 Å². The zero-order valence-corrected chi connectivity index (χ0v) is 9.70. The Hall–Kier alpha value is -1.94. The molecule has 0 saturated heterocycles. The number of para-hydroxylation sites is 1. The van der Waals surface area contributed by atoms with E-state index in [9.17, 15) is 8.78 Å². The standard InChI is InChI=1S/C14H13F2NO/c15-12-5-10(6-13(16)7-12)9-18-14-4-2-1-3-11(14)8-17/h1-7H,8-9,17H2. The van der Waals surface area contributed by atoms with Crippen LogP contribution in [0.3, 0.4) is 0 Å². The molecule has 2 aromatic carbocycles. The van der Waals surface area contributed by atoms with Gasteiger partial charge < -0.3 is 10.5 Å². The lowest BCUT2D eigenvalue weighted by Gasteiger charge is -2.10. The Labute approximate surface area is 104 Å². The van der Waals surface area contributed by atoms with E-state index in [0.717, 1.165) is 11.6 Å². The van der Waals surface area contributed by atoms with E-state index in [1.807, 2.05) is 18.2 Å². The zero-order valence-electron chi connectivity index (χ0n) is 9.70. The molecule has 0 aliphatic heterocycles. The number of rotatable bonds is 4. The molecule has 4 heteroatoms. The molecule has 0 heterocycles. The molecule has 2 rings (SSSR count). The van der Waals surface area contributed by atoms with Crippen LogP contribution in [0.15, 0.2) is 42.5 Å². The summed E-state index contributed by atoms with van der Waals surface area (Å²) in [6.07, 6.45) is 0. The summed E-state index contributed by atoms with van der Waals surface area (Å²) in [6.45, 7) is 0.458. The summed E-state index contributed by atoms with van der Waals surface area (Å²) in [6, 6.07) is 10.6. The number of benzene rings is 2. The molecule has 0 atom stereocenters. The van der Waals surface area contributed by atoms with Crippen molar-refractivity contribution in [1.82, 2.24) is 0 Å². The molecule has 18 heavy (non-hydrogen) atoms. The molecule has 2 aromatic rings. The van der Waals surface area contributed by atoms with Crippen molar-refractivity contribution < 1.29 is 13.5 Å². The Morgan fingerprint density at radius 2 is 1.67 bits per heavy atom. The van der Waals surface area contributed by atoms with Gasteiger partial charge in [0.05, 0.1) is 0 Å². The van der Waals surface area contributed by atoms with Gasteiger partial charge in [0.25, 0.3) is 0 Å². The second-order valence-corrected chi connectivity index (χ2v) is 3.88. The SMILES string of the molecule is NCc1ccccc1OCc1cc(F)cc(F)c1. The molecule has 2 nitrogen and oxygen atoms in total. The smallest absolute Gasteiger partial charge is 0.126 e. The minimum atomic E-state index is -0.610. The molecule has 0 amide bonds. The van der Waals surface area contributed by atoms with E-state index in [2.05, 4.69) is 0 Å². The third-order valence-corrected chi connectivity index (χ3v) is 2.51. The summed E-state index contributed by atoms with van der Waals surface area (Å²) >= 11 is 0. The van der Waals surface area contributed by atoms with E-state index in [1.54, 1.807) is 6.07 Å². The van der Waals surface area contributed by atoms with Crippen LogP contribution in [0, 0.1) is 11.6 Å². The first-order chi connectivity index (χ1) is 8.69. The summed E-state index contributed by atoms with van der Waals surface area (Å²) in [7, 11) is 0. The molecule has 94 valence electrons. The van der Waals surface area contributed by atoms with E-state index in [0.29, 0.717) is 17.9 Å². The second-order valence-electron chi connectivity index (χ2n) is 3.88. The average Bonchev–Trinajstić information content (AvgIpc) is 2.35. The van der Waals surface area contributed by atoms with E-state index in [-0.39, 0.29) is 6.61 Å². The highest BCUT2D eigenvalue weighted by molar-refractivity contribution is 5.33. The third-order valence-electron chi connectivity index (χ3n) is 2.51. The molecule has 0 fully saturated rings. The van der Waals surface area contributed by atoms with Crippen LogP contribution in [-0.4, -0.2) is 0 Å². The van der Waals surface area contributed by atoms with Gasteiger partial charge >= 0.3 is 0 Å². The zero-order chi connectivity index (χ0) is 13.0. The molecule has 0 radical (unpaired) electrons. The van der Waals surface area contributed by atoms with E-state index >= 15 is 0 Å². The maximum Gasteiger partial charge on any atom is 0.126 e. The average molecular weight is 249 g/mol. The monoisotopic (exact) mass is 249 g/mol. The minimum absolute atomic E-state index is 0.103. The Balaban J connectivity index is 2.11. The third kappa shape index (κ3) is 3.05. The van der Waals surface area contributed by atoms with Gasteiger partial charge in [-0.1, -0.05) is 18.2 Å². The van der Waals surface area contributed by atoms with Crippen molar-refractivity contribution >= 4 is 0 Å². The molecule has 2 N–H and O–H groups in total. The normalized spacial score (nSPS) is 10.4. The summed E-state index contributed by atoms with van der Waals surface area (Å²) in [5.74, 6) is -0.592. The largest absolute Gasteiger partial charge is 0.489 e. The van der Waals surface area contributed by atoms with Crippen LogP contribution >= 0.6 is 0 Å². The van der Waals surface area contributed by atoms with Crippen molar-refractivity contribution in [1.29, 1.82) is 0 Å². The lowest BCUT2D eigenvalue weighted by Crippen LogP contribution is -2.03. The summed E-state index contributed by atoms with van der Waals surface area (Å²) in [5, 5.41) is 0. The van der Waals surface area contributed by atoms with Crippen LogP contribution in [0.5, 0.6) is 5.75 Å². The van der Waals surface area contributed by atoms with Crippen LogP contribution in [-0.2, 0) is 13.2 Å². The predicted molar refractivity (Wildman–Crippen MR) is 65.0 cm³/mol.